The SMILES string of the molecule is O=C(CN1CCCCCC1)N1CCC2(C1)CN(c1ccccc1)C(=O)CO2. The molecule has 3 aliphatic rings. The summed E-state index contributed by atoms with van der Waals surface area (Å²) in [6.45, 7) is 4.46. The highest BCUT2D eigenvalue weighted by Crippen LogP contribution is 2.32. The van der Waals surface area contributed by atoms with E-state index in [0.717, 1.165) is 25.2 Å². The number of likely N-dealkylation sites (tertiary alicyclic amines) is 2. The molecular weight excluding hydrogens is 342 g/mol. The molecule has 1 aromatic rings. The molecule has 3 saturated heterocycles. The predicted molar refractivity (Wildman–Crippen MR) is 104 cm³/mol. The van der Waals surface area contributed by atoms with Crippen LogP contribution < -0.4 is 4.90 Å². The zero-order valence-electron chi connectivity index (χ0n) is 15.9. The van der Waals surface area contributed by atoms with E-state index in [2.05, 4.69) is 4.90 Å². The van der Waals surface area contributed by atoms with Crippen molar-refractivity contribution in [2.24, 2.45) is 0 Å². The molecule has 2 amide bonds. The monoisotopic (exact) mass is 371 g/mol. The minimum Gasteiger partial charge on any atom is -0.361 e. The van der Waals surface area contributed by atoms with Crippen molar-refractivity contribution in [3.8, 4) is 0 Å². The van der Waals surface area contributed by atoms with E-state index in [-0.39, 0.29) is 18.4 Å². The summed E-state index contributed by atoms with van der Waals surface area (Å²) in [7, 11) is 0. The third kappa shape index (κ3) is 4.17. The normalized spacial score (nSPS) is 27.2. The Bertz CT molecular complexity index is 673. The summed E-state index contributed by atoms with van der Waals surface area (Å²) in [6, 6.07) is 9.73. The van der Waals surface area contributed by atoms with Crippen molar-refractivity contribution in [1.82, 2.24) is 9.80 Å². The summed E-state index contributed by atoms with van der Waals surface area (Å²) < 4.78 is 5.98. The summed E-state index contributed by atoms with van der Waals surface area (Å²) in [5, 5.41) is 0. The largest absolute Gasteiger partial charge is 0.361 e. The van der Waals surface area contributed by atoms with Crippen molar-refractivity contribution in [1.29, 1.82) is 0 Å². The molecule has 1 aromatic carbocycles. The maximum atomic E-state index is 12.8. The number of carbonyl (C=O) groups is 2. The molecule has 27 heavy (non-hydrogen) atoms. The van der Waals surface area contributed by atoms with Gasteiger partial charge in [0.1, 0.15) is 12.2 Å². The molecule has 6 heteroatoms. The number of anilines is 1. The molecule has 146 valence electrons. The molecule has 3 fully saturated rings. The molecule has 0 aromatic heterocycles. The van der Waals surface area contributed by atoms with Crippen LogP contribution in [0.3, 0.4) is 0 Å². The summed E-state index contributed by atoms with van der Waals surface area (Å²) in [5.41, 5.74) is 0.470. The lowest BCUT2D eigenvalue weighted by Crippen LogP contribution is -2.56. The van der Waals surface area contributed by atoms with Crippen LogP contribution in [0, 0.1) is 0 Å². The van der Waals surface area contributed by atoms with Crippen LogP contribution in [-0.4, -0.2) is 73.1 Å². The lowest BCUT2D eigenvalue weighted by Gasteiger charge is -2.40. The molecule has 0 N–H and O–H groups in total. The first-order chi connectivity index (χ1) is 13.2. The summed E-state index contributed by atoms with van der Waals surface area (Å²) in [4.78, 5) is 31.2. The fraction of sp³-hybridized carbons (Fsp3) is 0.619. The van der Waals surface area contributed by atoms with Gasteiger partial charge < -0.3 is 14.5 Å². The van der Waals surface area contributed by atoms with Crippen LogP contribution in [0.5, 0.6) is 0 Å². The van der Waals surface area contributed by atoms with Gasteiger partial charge in [-0.05, 0) is 44.5 Å². The van der Waals surface area contributed by atoms with Gasteiger partial charge in [-0.3, -0.25) is 14.5 Å². The van der Waals surface area contributed by atoms with Gasteiger partial charge in [0, 0.05) is 12.2 Å². The number of morpholine rings is 1. The third-order valence-corrected chi connectivity index (χ3v) is 6.04. The van der Waals surface area contributed by atoms with Gasteiger partial charge in [-0.1, -0.05) is 31.0 Å². The molecule has 1 atom stereocenters. The van der Waals surface area contributed by atoms with Crippen LogP contribution in [0.4, 0.5) is 5.69 Å². The highest BCUT2D eigenvalue weighted by atomic mass is 16.5. The van der Waals surface area contributed by atoms with Crippen LogP contribution in [0.2, 0.25) is 0 Å². The summed E-state index contributed by atoms with van der Waals surface area (Å²) in [5.74, 6) is 0.182. The Morgan fingerprint density at radius 2 is 1.74 bits per heavy atom. The summed E-state index contributed by atoms with van der Waals surface area (Å²) >= 11 is 0. The van der Waals surface area contributed by atoms with E-state index < -0.39 is 5.60 Å². The maximum absolute atomic E-state index is 12.8. The third-order valence-electron chi connectivity index (χ3n) is 6.04. The molecular formula is C21H29N3O3. The molecule has 0 aliphatic carbocycles. The average Bonchev–Trinajstić information content (AvgIpc) is 2.93. The van der Waals surface area contributed by atoms with E-state index in [4.69, 9.17) is 4.74 Å². The van der Waals surface area contributed by atoms with Gasteiger partial charge in [0.05, 0.1) is 19.6 Å². The van der Waals surface area contributed by atoms with Crippen LogP contribution in [0.1, 0.15) is 32.1 Å². The number of carbonyl (C=O) groups excluding carboxylic acids is 2. The first-order valence-corrected chi connectivity index (χ1v) is 10.1. The zero-order valence-corrected chi connectivity index (χ0v) is 15.9. The zero-order chi connectivity index (χ0) is 18.7. The lowest BCUT2D eigenvalue weighted by molar-refractivity contribution is -0.139. The molecule has 4 rings (SSSR count). The number of rotatable bonds is 3. The fourth-order valence-corrected chi connectivity index (χ4v) is 4.45. The standard InChI is InChI=1S/C21H29N3O3/c25-19(14-22-11-6-1-2-7-12-22)23-13-10-21(16-23)17-24(20(26)15-27-21)18-8-4-3-5-9-18/h3-5,8-9H,1-2,6-7,10-17H2. The van der Waals surface area contributed by atoms with Crippen molar-refractivity contribution < 1.29 is 14.3 Å². The number of para-hydroxylation sites is 1. The van der Waals surface area contributed by atoms with Crippen molar-refractivity contribution in [2.75, 3.05) is 50.8 Å². The maximum Gasteiger partial charge on any atom is 0.253 e. The van der Waals surface area contributed by atoms with Crippen LogP contribution in [0.25, 0.3) is 0 Å². The van der Waals surface area contributed by atoms with Gasteiger partial charge in [-0.2, -0.15) is 0 Å². The first-order valence-electron chi connectivity index (χ1n) is 10.1. The van der Waals surface area contributed by atoms with E-state index >= 15 is 0 Å². The Kier molecular flexibility index (Phi) is 5.45. The molecule has 0 bridgehead atoms. The highest BCUT2D eigenvalue weighted by Gasteiger charge is 2.46. The lowest BCUT2D eigenvalue weighted by atomic mass is 10.00. The second-order valence-electron chi connectivity index (χ2n) is 8.04. The smallest absolute Gasteiger partial charge is 0.253 e. The van der Waals surface area contributed by atoms with Gasteiger partial charge in [-0.15, -0.1) is 0 Å². The number of nitrogens with zero attached hydrogens (tertiary/aromatic N) is 3. The van der Waals surface area contributed by atoms with E-state index in [1.807, 2.05) is 40.1 Å². The van der Waals surface area contributed by atoms with Gasteiger partial charge in [0.2, 0.25) is 5.91 Å². The summed E-state index contributed by atoms with van der Waals surface area (Å²) in [6.07, 6.45) is 5.71. The van der Waals surface area contributed by atoms with Gasteiger partial charge in [0.15, 0.2) is 0 Å². The predicted octanol–water partition coefficient (Wildman–Crippen LogP) is 1.90. The molecule has 3 heterocycles. The Morgan fingerprint density at radius 3 is 2.48 bits per heavy atom. The molecule has 1 spiro atoms. The van der Waals surface area contributed by atoms with E-state index in [9.17, 15) is 9.59 Å². The van der Waals surface area contributed by atoms with Gasteiger partial charge in [0.25, 0.3) is 5.91 Å². The number of benzene rings is 1. The molecule has 1 unspecified atom stereocenters. The van der Waals surface area contributed by atoms with E-state index in [1.54, 1.807) is 0 Å². The van der Waals surface area contributed by atoms with Crippen molar-refractivity contribution >= 4 is 17.5 Å². The Labute approximate surface area is 161 Å². The first kappa shape index (κ1) is 18.4. The van der Waals surface area contributed by atoms with Crippen molar-refractivity contribution in [3.05, 3.63) is 30.3 Å². The highest BCUT2D eigenvalue weighted by molar-refractivity contribution is 5.95. The van der Waals surface area contributed by atoms with Crippen molar-refractivity contribution in [3.63, 3.8) is 0 Å². The number of hydrogen-bond acceptors (Lipinski definition) is 4. The van der Waals surface area contributed by atoms with Gasteiger partial charge in [-0.25, -0.2) is 0 Å². The fourth-order valence-electron chi connectivity index (χ4n) is 4.45. The number of amides is 2. The number of hydrogen-bond donors (Lipinski definition) is 0. The van der Waals surface area contributed by atoms with Crippen LogP contribution in [-0.2, 0) is 14.3 Å². The minimum atomic E-state index is -0.432. The van der Waals surface area contributed by atoms with E-state index in [1.165, 1.54) is 25.7 Å². The van der Waals surface area contributed by atoms with Crippen LogP contribution >= 0.6 is 0 Å². The average molecular weight is 371 g/mol. The van der Waals surface area contributed by atoms with Crippen LogP contribution in [0.15, 0.2) is 30.3 Å². The molecule has 0 radical (unpaired) electrons. The molecule has 3 aliphatic heterocycles. The minimum absolute atomic E-state index is 0.0128. The Balaban J connectivity index is 1.39. The Hall–Kier alpha value is -1.92. The second kappa shape index (κ2) is 7.98. The Morgan fingerprint density at radius 1 is 1.00 bits per heavy atom. The van der Waals surface area contributed by atoms with E-state index in [0.29, 0.717) is 26.2 Å². The van der Waals surface area contributed by atoms with Crippen molar-refractivity contribution in [2.45, 2.75) is 37.7 Å². The quantitative estimate of drug-likeness (QED) is 0.814. The molecule has 6 nitrogen and oxygen atoms in total. The second-order valence-corrected chi connectivity index (χ2v) is 8.04. The topological polar surface area (TPSA) is 53.1 Å². The number of ether oxygens (including phenoxy) is 1. The van der Waals surface area contributed by atoms with Gasteiger partial charge >= 0.3 is 0 Å². The molecule has 0 saturated carbocycles.